The van der Waals surface area contributed by atoms with Gasteiger partial charge in [0.1, 0.15) is 13.2 Å². The van der Waals surface area contributed by atoms with Crippen LogP contribution in [-0.4, -0.2) is 37.2 Å². The van der Waals surface area contributed by atoms with Crippen LogP contribution < -0.4 is 0 Å². The molecular formula is C75H122O6. The minimum absolute atomic E-state index is 0.0951. The van der Waals surface area contributed by atoms with Gasteiger partial charge in [0.05, 0.1) is 0 Å². The van der Waals surface area contributed by atoms with E-state index in [9.17, 15) is 14.4 Å². The number of ether oxygens (including phenoxy) is 3. The molecule has 0 fully saturated rings. The summed E-state index contributed by atoms with van der Waals surface area (Å²) < 4.78 is 16.9. The smallest absolute Gasteiger partial charge is 0.306 e. The molecule has 458 valence electrons. The number of carbonyl (C=O) groups excluding carboxylic acids is 3. The summed E-state index contributed by atoms with van der Waals surface area (Å²) in [5.74, 6) is -0.927. The monoisotopic (exact) mass is 1120 g/mol. The first-order valence-corrected chi connectivity index (χ1v) is 33.3. The average Bonchev–Trinajstić information content (AvgIpc) is 3.47. The minimum atomic E-state index is -0.800. The molecule has 0 amide bonds. The molecule has 0 bridgehead atoms. The second-order valence-electron chi connectivity index (χ2n) is 21.6. The van der Waals surface area contributed by atoms with Gasteiger partial charge in [-0.05, 0) is 141 Å². The summed E-state index contributed by atoms with van der Waals surface area (Å²) in [5, 5.41) is 0. The first kappa shape index (κ1) is 76.3. The van der Waals surface area contributed by atoms with Crippen molar-refractivity contribution in [2.75, 3.05) is 13.2 Å². The van der Waals surface area contributed by atoms with Crippen LogP contribution in [0.4, 0.5) is 0 Å². The fraction of sp³-hybridized carbons (Fsp3) is 0.640. The Morgan fingerprint density at radius 1 is 0.259 bits per heavy atom. The maximum absolute atomic E-state index is 12.9. The molecule has 1 atom stereocenters. The van der Waals surface area contributed by atoms with Crippen molar-refractivity contribution in [1.82, 2.24) is 0 Å². The normalized spacial score (nSPS) is 13.1. The lowest BCUT2D eigenvalue weighted by Gasteiger charge is -2.18. The fourth-order valence-electron chi connectivity index (χ4n) is 8.88. The number of unbranched alkanes of at least 4 members (excludes halogenated alkanes) is 24. The Morgan fingerprint density at radius 3 is 0.765 bits per heavy atom. The van der Waals surface area contributed by atoms with Crippen molar-refractivity contribution in [1.29, 1.82) is 0 Å². The molecule has 6 heteroatoms. The Labute approximate surface area is 499 Å². The van der Waals surface area contributed by atoms with Crippen LogP contribution in [0, 0.1) is 0 Å². The third kappa shape index (κ3) is 66.0. The van der Waals surface area contributed by atoms with Crippen molar-refractivity contribution in [3.05, 3.63) is 146 Å². The van der Waals surface area contributed by atoms with Crippen LogP contribution in [0.5, 0.6) is 0 Å². The predicted molar refractivity (Wildman–Crippen MR) is 352 cm³/mol. The zero-order valence-electron chi connectivity index (χ0n) is 52.5. The summed E-state index contributed by atoms with van der Waals surface area (Å²) in [5.41, 5.74) is 0. The highest BCUT2D eigenvalue weighted by atomic mass is 16.6. The van der Waals surface area contributed by atoms with E-state index in [0.717, 1.165) is 161 Å². The zero-order chi connectivity index (χ0) is 58.5. The number of rotatable bonds is 59. The minimum Gasteiger partial charge on any atom is -0.462 e. The number of hydrogen-bond acceptors (Lipinski definition) is 6. The van der Waals surface area contributed by atoms with Crippen molar-refractivity contribution >= 4 is 17.9 Å². The van der Waals surface area contributed by atoms with Crippen molar-refractivity contribution in [3.8, 4) is 0 Å². The van der Waals surface area contributed by atoms with E-state index in [2.05, 4.69) is 167 Å². The predicted octanol–water partition coefficient (Wildman–Crippen LogP) is 23.1. The highest BCUT2D eigenvalue weighted by Gasteiger charge is 2.19. The zero-order valence-corrected chi connectivity index (χ0v) is 52.5. The molecule has 0 saturated heterocycles. The van der Waals surface area contributed by atoms with E-state index in [1.165, 1.54) is 89.9 Å². The van der Waals surface area contributed by atoms with Crippen LogP contribution in [0.25, 0.3) is 0 Å². The highest BCUT2D eigenvalue weighted by molar-refractivity contribution is 5.71. The molecule has 81 heavy (non-hydrogen) atoms. The Morgan fingerprint density at radius 2 is 0.481 bits per heavy atom. The molecule has 0 radical (unpaired) electrons. The molecular weight excluding hydrogens is 997 g/mol. The maximum Gasteiger partial charge on any atom is 0.306 e. The van der Waals surface area contributed by atoms with Crippen molar-refractivity contribution < 1.29 is 28.6 Å². The van der Waals surface area contributed by atoms with E-state index in [4.69, 9.17) is 14.2 Å². The lowest BCUT2D eigenvalue weighted by Crippen LogP contribution is -2.30. The molecule has 0 aliphatic heterocycles. The quantitative estimate of drug-likeness (QED) is 0.0261. The van der Waals surface area contributed by atoms with Crippen LogP contribution in [0.1, 0.15) is 290 Å². The van der Waals surface area contributed by atoms with Gasteiger partial charge in [0.25, 0.3) is 0 Å². The second-order valence-corrected chi connectivity index (χ2v) is 21.6. The molecule has 0 aliphatic rings. The Bertz CT molecular complexity index is 1760. The maximum atomic E-state index is 12.9. The van der Waals surface area contributed by atoms with Crippen molar-refractivity contribution in [3.63, 3.8) is 0 Å². The number of hydrogen-bond donors (Lipinski definition) is 0. The molecule has 0 spiro atoms. The summed E-state index contributed by atoms with van der Waals surface area (Å²) in [6.45, 7) is 6.39. The standard InChI is InChI=1S/C75H122O6/c1-4-7-10-13-16-19-22-25-28-29-30-31-32-33-34-35-36-37-38-39-40-41-42-43-44-45-48-50-53-56-59-62-65-68-74(77)80-71-72(81-75(78)69-66-63-60-57-54-51-47-27-24-21-18-15-12-9-6-3)70-79-73(76)67-64-61-58-55-52-49-46-26-23-20-17-14-11-8-5-2/h7,9-10,12,16,18-19,21,25-28,30-31,33-34,36-37,39-40,42-43,46-47,72H,4-6,8,11,13-15,17,20,22-24,29,32,35,38,41,44-45,48-71H2,1-3H3/b10-7-,12-9-,19-16-,21-18-,28-25-,31-30-,34-33-,37-36-,40-39-,43-42-,46-26-,47-27-. The van der Waals surface area contributed by atoms with E-state index in [1.807, 2.05) is 0 Å². The van der Waals surface area contributed by atoms with Gasteiger partial charge >= 0.3 is 17.9 Å². The van der Waals surface area contributed by atoms with Crippen LogP contribution in [-0.2, 0) is 28.6 Å². The Balaban J connectivity index is 4.32. The Kier molecular flexibility index (Phi) is 63.9. The van der Waals surface area contributed by atoms with Crippen molar-refractivity contribution in [2.24, 2.45) is 0 Å². The van der Waals surface area contributed by atoms with Crippen LogP contribution in [0.2, 0.25) is 0 Å². The molecule has 0 aliphatic carbocycles. The van der Waals surface area contributed by atoms with E-state index >= 15 is 0 Å². The molecule has 0 rings (SSSR count). The number of carbonyl (C=O) groups is 3. The van der Waals surface area contributed by atoms with Gasteiger partial charge in [-0.25, -0.2) is 0 Å². The number of esters is 3. The van der Waals surface area contributed by atoms with Gasteiger partial charge in [0.15, 0.2) is 6.10 Å². The molecule has 0 aromatic heterocycles. The van der Waals surface area contributed by atoms with Crippen LogP contribution >= 0.6 is 0 Å². The molecule has 0 N–H and O–H groups in total. The third-order valence-corrected chi connectivity index (χ3v) is 13.8. The molecule has 6 nitrogen and oxygen atoms in total. The van der Waals surface area contributed by atoms with Gasteiger partial charge < -0.3 is 14.2 Å². The van der Waals surface area contributed by atoms with Crippen LogP contribution in [0.15, 0.2) is 146 Å². The summed E-state index contributed by atoms with van der Waals surface area (Å²) in [7, 11) is 0. The third-order valence-electron chi connectivity index (χ3n) is 13.8. The van der Waals surface area contributed by atoms with E-state index in [1.54, 1.807) is 0 Å². The summed E-state index contributed by atoms with van der Waals surface area (Å²) in [6.07, 6.45) is 97.1. The van der Waals surface area contributed by atoms with E-state index in [-0.39, 0.29) is 31.1 Å². The van der Waals surface area contributed by atoms with Gasteiger partial charge in [0.2, 0.25) is 0 Å². The summed E-state index contributed by atoms with van der Waals surface area (Å²) >= 11 is 0. The van der Waals surface area contributed by atoms with Crippen molar-refractivity contribution in [2.45, 2.75) is 297 Å². The van der Waals surface area contributed by atoms with Gasteiger partial charge in [-0.2, -0.15) is 0 Å². The highest BCUT2D eigenvalue weighted by Crippen LogP contribution is 2.15. The SMILES string of the molecule is CC/C=C\C/C=C\C/C=C\C/C=C\C/C=C\C/C=C\C/C=C\C/C=C\CCCCCCCCCCC(=O)OCC(COC(=O)CCCCCCC/C=C\CCCCCCCC)OC(=O)CCCCCCC/C=C\C/C=C\C/C=C\CC. The lowest BCUT2D eigenvalue weighted by atomic mass is 10.1. The first-order chi connectivity index (χ1) is 40.0. The second kappa shape index (κ2) is 67.8. The van der Waals surface area contributed by atoms with E-state index in [0.29, 0.717) is 19.3 Å². The molecule has 0 aromatic carbocycles. The van der Waals surface area contributed by atoms with Gasteiger partial charge in [-0.1, -0.05) is 276 Å². The molecule has 0 aromatic rings. The molecule has 0 saturated carbocycles. The number of allylic oxidation sites excluding steroid dienone is 24. The Hall–Kier alpha value is -4.71. The van der Waals surface area contributed by atoms with Gasteiger partial charge in [-0.3, -0.25) is 14.4 Å². The van der Waals surface area contributed by atoms with E-state index < -0.39 is 6.10 Å². The van der Waals surface area contributed by atoms with Crippen LogP contribution in [0.3, 0.4) is 0 Å². The molecule has 1 unspecified atom stereocenters. The van der Waals surface area contributed by atoms with Gasteiger partial charge in [-0.15, -0.1) is 0 Å². The summed E-state index contributed by atoms with van der Waals surface area (Å²) in [4.78, 5) is 38.3. The molecule has 0 heterocycles. The first-order valence-electron chi connectivity index (χ1n) is 33.3. The lowest BCUT2D eigenvalue weighted by molar-refractivity contribution is -0.167. The topological polar surface area (TPSA) is 78.9 Å². The summed E-state index contributed by atoms with van der Waals surface area (Å²) in [6, 6.07) is 0. The van der Waals surface area contributed by atoms with Gasteiger partial charge in [0, 0.05) is 19.3 Å². The largest absolute Gasteiger partial charge is 0.462 e. The average molecular weight is 1120 g/mol. The fourth-order valence-corrected chi connectivity index (χ4v) is 8.88.